The Morgan fingerprint density at radius 1 is 1.11 bits per heavy atom. The summed E-state index contributed by atoms with van der Waals surface area (Å²) in [6.45, 7) is 4.37. The van der Waals surface area contributed by atoms with Crippen LogP contribution in [0.4, 0.5) is 0 Å². The second kappa shape index (κ2) is 8.42. The molecule has 1 saturated carbocycles. The van der Waals surface area contributed by atoms with Crippen molar-refractivity contribution < 1.29 is 9.59 Å². The van der Waals surface area contributed by atoms with Crippen molar-refractivity contribution >= 4 is 11.8 Å². The highest BCUT2D eigenvalue weighted by atomic mass is 16.2. The van der Waals surface area contributed by atoms with Crippen molar-refractivity contribution in [2.75, 3.05) is 32.7 Å². The number of nitrogens with one attached hydrogen (secondary N) is 2. The Morgan fingerprint density at radius 3 is 2.63 bits per heavy atom. The van der Waals surface area contributed by atoms with E-state index in [0.29, 0.717) is 24.4 Å². The number of piperidine rings is 2. The van der Waals surface area contributed by atoms with Crippen molar-refractivity contribution in [3.63, 3.8) is 0 Å². The van der Waals surface area contributed by atoms with Gasteiger partial charge >= 0.3 is 0 Å². The maximum absolute atomic E-state index is 12.6. The highest BCUT2D eigenvalue weighted by molar-refractivity contribution is 5.81. The zero-order valence-corrected chi connectivity index (χ0v) is 16.0. The Hall–Kier alpha value is -1.89. The first-order valence-electron chi connectivity index (χ1n) is 10.5. The van der Waals surface area contributed by atoms with Crippen molar-refractivity contribution in [1.82, 2.24) is 25.1 Å². The normalized spacial score (nSPS) is 24.7. The Morgan fingerprint density at radius 2 is 1.93 bits per heavy atom. The molecule has 0 spiro atoms. The van der Waals surface area contributed by atoms with Gasteiger partial charge in [-0.3, -0.25) is 14.5 Å². The third kappa shape index (κ3) is 4.69. The molecule has 2 N–H and O–H groups in total. The molecular formula is C20H31N5O2. The Kier molecular flexibility index (Phi) is 5.76. The van der Waals surface area contributed by atoms with Gasteiger partial charge in [0.05, 0.1) is 12.2 Å². The van der Waals surface area contributed by atoms with Gasteiger partial charge in [0.1, 0.15) is 0 Å². The van der Waals surface area contributed by atoms with E-state index in [1.807, 2.05) is 0 Å². The summed E-state index contributed by atoms with van der Waals surface area (Å²) in [5.74, 6) is 0.972. The Bertz CT molecular complexity index is 635. The van der Waals surface area contributed by atoms with Gasteiger partial charge in [-0.1, -0.05) is 0 Å². The molecule has 0 radical (unpaired) electrons. The lowest BCUT2D eigenvalue weighted by Crippen LogP contribution is -2.51. The lowest BCUT2D eigenvalue weighted by Gasteiger charge is -2.42. The molecule has 1 aromatic heterocycles. The number of nitrogens with zero attached hydrogens (tertiary/aromatic N) is 3. The molecule has 4 rings (SSSR count). The SMILES string of the molecule is O=C(NCCc1cnc[nH]1)[C@@H]1CCCN(C2CCN(C(=O)C3CC3)CC2)C1. The molecule has 0 bridgehead atoms. The minimum Gasteiger partial charge on any atom is -0.355 e. The fourth-order valence-electron chi connectivity index (χ4n) is 4.48. The smallest absolute Gasteiger partial charge is 0.225 e. The molecule has 2 saturated heterocycles. The molecule has 0 unspecified atom stereocenters. The van der Waals surface area contributed by atoms with Crippen LogP contribution in [0.15, 0.2) is 12.5 Å². The number of hydrogen-bond donors (Lipinski definition) is 2. The van der Waals surface area contributed by atoms with E-state index >= 15 is 0 Å². The number of H-pyrrole nitrogens is 1. The van der Waals surface area contributed by atoms with Gasteiger partial charge in [0.15, 0.2) is 0 Å². The zero-order valence-electron chi connectivity index (χ0n) is 16.0. The van der Waals surface area contributed by atoms with E-state index in [-0.39, 0.29) is 11.8 Å². The lowest BCUT2D eigenvalue weighted by molar-refractivity contribution is -0.134. The summed E-state index contributed by atoms with van der Waals surface area (Å²) in [5.41, 5.74) is 1.05. The summed E-state index contributed by atoms with van der Waals surface area (Å²) >= 11 is 0. The third-order valence-corrected chi connectivity index (χ3v) is 6.29. The summed E-state index contributed by atoms with van der Waals surface area (Å²) in [7, 11) is 0. The summed E-state index contributed by atoms with van der Waals surface area (Å²) < 4.78 is 0. The topological polar surface area (TPSA) is 81.3 Å². The largest absolute Gasteiger partial charge is 0.355 e. The van der Waals surface area contributed by atoms with Crippen molar-refractivity contribution in [2.24, 2.45) is 11.8 Å². The van der Waals surface area contributed by atoms with Crippen LogP contribution in [-0.2, 0) is 16.0 Å². The van der Waals surface area contributed by atoms with E-state index in [4.69, 9.17) is 0 Å². The van der Waals surface area contributed by atoms with Gasteiger partial charge in [0.2, 0.25) is 11.8 Å². The molecule has 7 heteroatoms. The van der Waals surface area contributed by atoms with Crippen molar-refractivity contribution in [3.8, 4) is 0 Å². The maximum atomic E-state index is 12.6. The van der Waals surface area contributed by atoms with Crippen LogP contribution in [-0.4, -0.2) is 70.3 Å². The van der Waals surface area contributed by atoms with E-state index in [1.165, 1.54) is 0 Å². The fourth-order valence-corrected chi connectivity index (χ4v) is 4.48. The lowest BCUT2D eigenvalue weighted by atomic mass is 9.93. The number of imidazole rings is 1. The highest BCUT2D eigenvalue weighted by Gasteiger charge is 2.37. The Labute approximate surface area is 160 Å². The molecule has 7 nitrogen and oxygen atoms in total. The Balaban J connectivity index is 1.20. The number of hydrogen-bond acceptors (Lipinski definition) is 4. The average molecular weight is 374 g/mol. The fraction of sp³-hybridized carbons (Fsp3) is 0.750. The molecule has 27 heavy (non-hydrogen) atoms. The minimum atomic E-state index is 0.0895. The predicted molar refractivity (Wildman–Crippen MR) is 102 cm³/mol. The molecule has 2 aliphatic heterocycles. The van der Waals surface area contributed by atoms with Crippen LogP contribution in [0.5, 0.6) is 0 Å². The van der Waals surface area contributed by atoms with E-state index < -0.39 is 0 Å². The number of aromatic nitrogens is 2. The van der Waals surface area contributed by atoms with E-state index in [2.05, 4.69) is 25.1 Å². The predicted octanol–water partition coefficient (Wildman–Crippen LogP) is 1.18. The number of rotatable bonds is 6. The van der Waals surface area contributed by atoms with Gasteiger partial charge in [0.25, 0.3) is 0 Å². The first-order valence-corrected chi connectivity index (χ1v) is 10.5. The molecule has 3 fully saturated rings. The van der Waals surface area contributed by atoms with Gasteiger partial charge in [-0.2, -0.15) is 0 Å². The summed E-state index contributed by atoms with van der Waals surface area (Å²) in [6, 6.07) is 0.522. The summed E-state index contributed by atoms with van der Waals surface area (Å²) in [4.78, 5) is 36.4. The maximum Gasteiger partial charge on any atom is 0.225 e. The first kappa shape index (κ1) is 18.5. The highest BCUT2D eigenvalue weighted by Crippen LogP contribution is 2.32. The van der Waals surface area contributed by atoms with Gasteiger partial charge in [-0.15, -0.1) is 0 Å². The molecule has 1 aromatic rings. The van der Waals surface area contributed by atoms with E-state index in [1.54, 1.807) is 12.5 Å². The van der Waals surface area contributed by atoms with Crippen molar-refractivity contribution in [3.05, 3.63) is 18.2 Å². The van der Waals surface area contributed by atoms with Crippen LogP contribution in [0.2, 0.25) is 0 Å². The van der Waals surface area contributed by atoms with E-state index in [0.717, 1.165) is 76.8 Å². The van der Waals surface area contributed by atoms with Crippen LogP contribution in [0.25, 0.3) is 0 Å². The molecule has 2 amide bonds. The van der Waals surface area contributed by atoms with Gasteiger partial charge in [-0.25, -0.2) is 4.98 Å². The molecular weight excluding hydrogens is 342 g/mol. The van der Waals surface area contributed by atoms with Crippen LogP contribution >= 0.6 is 0 Å². The van der Waals surface area contributed by atoms with Gasteiger partial charge < -0.3 is 15.2 Å². The van der Waals surface area contributed by atoms with Gasteiger partial charge in [0, 0.05) is 56.5 Å². The number of carbonyl (C=O) groups excluding carboxylic acids is 2. The summed E-state index contributed by atoms with van der Waals surface area (Å²) in [5, 5.41) is 3.09. The summed E-state index contributed by atoms with van der Waals surface area (Å²) in [6.07, 6.45) is 10.6. The van der Waals surface area contributed by atoms with Crippen LogP contribution in [0, 0.1) is 11.8 Å². The van der Waals surface area contributed by atoms with Crippen molar-refractivity contribution in [2.45, 2.75) is 51.0 Å². The molecule has 148 valence electrons. The number of carbonyl (C=O) groups is 2. The monoisotopic (exact) mass is 373 g/mol. The third-order valence-electron chi connectivity index (χ3n) is 6.29. The minimum absolute atomic E-state index is 0.0895. The second-order valence-corrected chi connectivity index (χ2v) is 8.28. The average Bonchev–Trinajstić information content (AvgIpc) is 3.44. The number of likely N-dealkylation sites (tertiary alicyclic amines) is 2. The van der Waals surface area contributed by atoms with E-state index in [9.17, 15) is 9.59 Å². The standard InChI is InChI=1S/C20H31N5O2/c26-19(22-8-5-17-12-21-14-23-17)16-2-1-9-25(13-16)18-6-10-24(11-7-18)20(27)15-3-4-15/h12,14-16,18H,1-11,13H2,(H,21,23)(H,22,26)/t16-/m1/s1. The van der Waals surface area contributed by atoms with Crippen molar-refractivity contribution in [1.29, 1.82) is 0 Å². The molecule has 1 aliphatic carbocycles. The second-order valence-electron chi connectivity index (χ2n) is 8.28. The van der Waals surface area contributed by atoms with Gasteiger partial charge in [-0.05, 0) is 45.1 Å². The quantitative estimate of drug-likeness (QED) is 0.785. The number of amides is 2. The molecule has 0 aromatic carbocycles. The molecule has 1 atom stereocenters. The van der Waals surface area contributed by atoms with Crippen LogP contribution in [0.1, 0.15) is 44.2 Å². The van der Waals surface area contributed by atoms with Crippen LogP contribution < -0.4 is 5.32 Å². The zero-order chi connectivity index (χ0) is 18.6. The first-order chi connectivity index (χ1) is 13.2. The molecule has 3 aliphatic rings. The number of aromatic amines is 1. The molecule has 3 heterocycles. The van der Waals surface area contributed by atoms with Crippen LogP contribution in [0.3, 0.4) is 0 Å².